The van der Waals surface area contributed by atoms with Gasteiger partial charge in [0.05, 0.1) is 89.9 Å². The van der Waals surface area contributed by atoms with Crippen LogP contribution in [0.2, 0.25) is 20.1 Å². The number of nitrogens with zero attached hydrogens (tertiary/aromatic N) is 11. The summed E-state index contributed by atoms with van der Waals surface area (Å²) in [6.07, 6.45) is 19.9. The molecule has 4 aromatic heterocycles. The third kappa shape index (κ3) is 18.5. The van der Waals surface area contributed by atoms with Crippen LogP contribution in [0.15, 0.2) is 97.6 Å². The van der Waals surface area contributed by atoms with E-state index < -0.39 is 5.60 Å². The molecule has 8 aromatic rings. The number of alkyl carbamates (subject to hydrolysis) is 1. The van der Waals surface area contributed by atoms with Gasteiger partial charge < -0.3 is 62.4 Å². The Kier molecular flexibility index (Phi) is 24.6. The minimum absolute atomic E-state index is 0. The molecule has 5 amide bonds. The number of ether oxygens (including phenoxy) is 1. The highest BCUT2D eigenvalue weighted by molar-refractivity contribution is 6.32. The number of anilines is 12. The maximum absolute atomic E-state index is 13.6. The van der Waals surface area contributed by atoms with Gasteiger partial charge in [-0.05, 0) is 208 Å². The van der Waals surface area contributed by atoms with Gasteiger partial charge in [0.1, 0.15) is 28.9 Å². The molecule has 4 aliphatic carbocycles. The topological polar surface area (TPSA) is 286 Å². The fourth-order valence-electron chi connectivity index (χ4n) is 15.2. The van der Waals surface area contributed by atoms with Gasteiger partial charge in [-0.3, -0.25) is 37.9 Å². The Hall–Kier alpha value is -8.72. The predicted molar refractivity (Wildman–Crippen MR) is 425 cm³/mol. The summed E-state index contributed by atoms with van der Waals surface area (Å²) in [5.74, 6) is 5.95. The summed E-state index contributed by atoms with van der Waals surface area (Å²) in [7, 11) is 7.57. The van der Waals surface area contributed by atoms with Crippen molar-refractivity contribution < 1.29 is 28.7 Å². The van der Waals surface area contributed by atoms with Crippen molar-refractivity contribution in [2.45, 2.75) is 142 Å². The minimum atomic E-state index is -0.509. The Labute approximate surface area is 650 Å². The fraction of sp³-hybridized carbons (Fsp3) is 0.468. The van der Waals surface area contributed by atoms with Crippen LogP contribution in [0.25, 0.3) is 0 Å². The number of halogens is 5. The smallest absolute Gasteiger partial charge is 0.407 e. The molecule has 30 heteroatoms. The molecule has 4 saturated carbocycles. The lowest BCUT2D eigenvalue weighted by Gasteiger charge is -2.32. The van der Waals surface area contributed by atoms with Crippen molar-refractivity contribution in [1.82, 2.24) is 49.8 Å². The lowest BCUT2D eigenvalue weighted by atomic mass is 9.81. The van der Waals surface area contributed by atoms with Crippen LogP contribution in [-0.2, 0) is 78.3 Å². The van der Waals surface area contributed by atoms with Crippen LogP contribution in [0.5, 0.6) is 0 Å². The third-order valence-corrected chi connectivity index (χ3v) is 22.4. The summed E-state index contributed by atoms with van der Waals surface area (Å²) in [6, 6.07) is 22.6. The average molecular weight is 1560 g/mol. The fourth-order valence-corrected chi connectivity index (χ4v) is 15.9. The number of amides is 5. The molecule has 107 heavy (non-hydrogen) atoms. The highest BCUT2D eigenvalue weighted by Gasteiger charge is 2.38. The zero-order chi connectivity index (χ0) is 74.7. The summed E-state index contributed by atoms with van der Waals surface area (Å²) in [5, 5.41) is 42.7. The summed E-state index contributed by atoms with van der Waals surface area (Å²) in [4.78, 5) is 70.1. The number of nitrogens with two attached hydrogens (primary N) is 1. The van der Waals surface area contributed by atoms with Gasteiger partial charge >= 0.3 is 6.09 Å². The van der Waals surface area contributed by atoms with Gasteiger partial charge in [0.15, 0.2) is 0 Å². The molecule has 8 aliphatic rings. The van der Waals surface area contributed by atoms with E-state index in [1.165, 1.54) is 0 Å². The molecule has 4 fully saturated rings. The Bertz CT molecular complexity index is 4540. The standard InChI is InChI=1S/C24H32ClN5O3.C23H28ClN5O2.C19H24ClN5O.C11H11ClN4.ClH/c1-24(2,3)33-23(32)26-12-15-5-7-16(8-6-15)22(31)30-14-17-13-27-29(4)21(17)28-19-11-18(25)9-10-20(19)30;1-28-21-17(12-26-28)13-29(20-9-8-18(24)10-19(20)27-21)23(31)16-4-2-14(3-5-16)11-25-22(30)15-6-7-15;1-24-18-14(10-22-24)11-25(17-7-6-15(20)8-16(17)23-18)19(26)13-4-2-12(9-21)3-5-13;1-16-11-7(6-14-16)5-13-9-3-2-8(12)4-10(9)15-11;/h9-11,13,15-16,28H,5-8,12,14H2,1-4H3,(H,26,32);8-10,12,14-16,27H,2-7,11,13H2,1H3,(H,25,30);6-8,10,12-13,23H,2-5,9,11,21H2,1H3;2-4,6,13,15H,5H2,1H3;1H. The summed E-state index contributed by atoms with van der Waals surface area (Å²) in [6.45, 7) is 9.81. The van der Waals surface area contributed by atoms with Crippen LogP contribution in [0.4, 0.5) is 73.6 Å². The highest BCUT2D eigenvalue weighted by atomic mass is 35.5. The van der Waals surface area contributed by atoms with E-state index in [0.717, 1.165) is 206 Å². The van der Waals surface area contributed by atoms with Gasteiger partial charge in [0.2, 0.25) is 23.6 Å². The molecule has 9 N–H and O–H groups in total. The van der Waals surface area contributed by atoms with Crippen LogP contribution in [-0.4, -0.2) is 94.1 Å². The van der Waals surface area contributed by atoms with E-state index in [9.17, 15) is 24.0 Å². The first-order valence-electron chi connectivity index (χ1n) is 36.8. The highest BCUT2D eigenvalue weighted by Crippen LogP contribution is 2.45. The second-order valence-corrected chi connectivity index (χ2v) is 31.9. The number of rotatable bonds is 9. The molecule has 16 rings (SSSR count). The van der Waals surface area contributed by atoms with E-state index in [0.29, 0.717) is 59.0 Å². The van der Waals surface area contributed by atoms with Crippen molar-refractivity contribution in [3.63, 3.8) is 0 Å². The van der Waals surface area contributed by atoms with Gasteiger partial charge in [-0.25, -0.2) is 4.79 Å². The van der Waals surface area contributed by atoms with E-state index in [4.69, 9.17) is 56.9 Å². The molecule has 0 spiro atoms. The third-order valence-electron chi connectivity index (χ3n) is 21.4. The number of nitrogens with one attached hydrogen (secondary N) is 7. The molecular formula is C77H96Cl5N19O6. The number of hydrogen-bond donors (Lipinski definition) is 8. The number of benzene rings is 4. The molecule has 0 saturated heterocycles. The van der Waals surface area contributed by atoms with Crippen molar-refractivity contribution in [2.24, 2.45) is 75.3 Å². The minimum Gasteiger partial charge on any atom is -0.444 e. The lowest BCUT2D eigenvalue weighted by Crippen LogP contribution is -2.39. The normalized spacial score (nSPS) is 20.2. The Balaban J connectivity index is 0.000000136. The molecule has 0 unspecified atom stereocenters. The van der Waals surface area contributed by atoms with Crippen LogP contribution >= 0.6 is 58.8 Å². The van der Waals surface area contributed by atoms with Crippen LogP contribution in [0, 0.1) is 41.4 Å². The zero-order valence-electron chi connectivity index (χ0n) is 61.5. The number of aryl methyl sites for hydroxylation is 4. The lowest BCUT2D eigenvalue weighted by molar-refractivity contribution is -0.124. The molecule has 25 nitrogen and oxygen atoms in total. The van der Waals surface area contributed by atoms with Crippen molar-refractivity contribution in [1.29, 1.82) is 0 Å². The first kappa shape index (κ1) is 77.9. The Morgan fingerprint density at radius 2 is 0.776 bits per heavy atom. The number of aromatic nitrogens is 8. The summed E-state index contributed by atoms with van der Waals surface area (Å²) in [5.41, 5.74) is 16.4. The second kappa shape index (κ2) is 33.8. The zero-order valence-corrected chi connectivity index (χ0v) is 65.3. The van der Waals surface area contributed by atoms with E-state index in [1.54, 1.807) is 20.2 Å². The van der Waals surface area contributed by atoms with Crippen molar-refractivity contribution in [3.05, 3.63) is 140 Å². The molecule has 0 bridgehead atoms. The monoisotopic (exact) mass is 1560 g/mol. The van der Waals surface area contributed by atoms with Crippen LogP contribution in [0.1, 0.15) is 133 Å². The average Bonchev–Trinajstić information content (AvgIpc) is 1.68. The summed E-state index contributed by atoms with van der Waals surface area (Å²) < 4.78 is 12.5. The Morgan fingerprint density at radius 3 is 1.15 bits per heavy atom. The second-order valence-electron chi connectivity index (χ2n) is 30.2. The number of fused-ring (bicyclic) bond motifs is 8. The van der Waals surface area contributed by atoms with Gasteiger partial charge in [-0.1, -0.05) is 46.4 Å². The molecule has 0 atom stereocenters. The number of carbonyl (C=O) groups excluding carboxylic acids is 5. The molecule has 8 heterocycles. The maximum atomic E-state index is 13.6. The molecule has 570 valence electrons. The van der Waals surface area contributed by atoms with Crippen LogP contribution in [0.3, 0.4) is 0 Å². The first-order chi connectivity index (χ1) is 50.9. The van der Waals surface area contributed by atoms with Crippen molar-refractivity contribution in [3.8, 4) is 0 Å². The quantitative estimate of drug-likeness (QED) is 0.0666. The number of hydrogen-bond acceptors (Lipinski definition) is 16. The molecular weight excluding hydrogens is 1460 g/mol. The van der Waals surface area contributed by atoms with Gasteiger partial charge in [0.25, 0.3) is 0 Å². The van der Waals surface area contributed by atoms with Crippen molar-refractivity contribution in [2.75, 3.05) is 60.9 Å². The first-order valence-corrected chi connectivity index (χ1v) is 38.3. The van der Waals surface area contributed by atoms with E-state index in [-0.39, 0.29) is 65.8 Å². The Morgan fingerprint density at radius 1 is 0.449 bits per heavy atom. The molecule has 0 radical (unpaired) electrons. The predicted octanol–water partition coefficient (Wildman–Crippen LogP) is 15.6. The molecule has 4 aromatic carbocycles. The van der Waals surface area contributed by atoms with Crippen molar-refractivity contribution >= 4 is 157 Å². The largest absolute Gasteiger partial charge is 0.444 e. The van der Waals surface area contributed by atoms with Crippen LogP contribution < -0.4 is 57.7 Å². The van der Waals surface area contributed by atoms with Gasteiger partial charge in [-0.15, -0.1) is 12.4 Å². The van der Waals surface area contributed by atoms with E-state index in [1.807, 2.05) is 160 Å². The van der Waals surface area contributed by atoms with Gasteiger partial charge in [-0.2, -0.15) is 20.4 Å². The molecule has 4 aliphatic heterocycles. The van der Waals surface area contributed by atoms with E-state index in [2.05, 4.69) is 57.6 Å². The maximum Gasteiger partial charge on any atom is 0.407 e. The number of carbonyl (C=O) groups is 5. The SMILES string of the molecule is Cl.Cn1ncc2c1Nc1cc(Cl)ccc1N(C(=O)C1CCC(CN)CC1)C2.Cn1ncc2c1Nc1cc(Cl)ccc1N(C(=O)C1CCC(CNC(=O)C3CC3)CC1)C2.Cn1ncc2c1Nc1cc(Cl)ccc1N(C(=O)C1CCC(CNC(=O)OC(C)(C)C)CC1)C2.Cn1ncc2c1Nc1cc(Cl)ccc1NC2. The van der Waals surface area contributed by atoms with E-state index >= 15 is 0 Å². The van der Waals surface area contributed by atoms with Gasteiger partial charge in [0, 0.05) is 114 Å². The summed E-state index contributed by atoms with van der Waals surface area (Å²) >= 11 is 24.7.